The minimum absolute atomic E-state index is 0.0230. The van der Waals surface area contributed by atoms with Crippen LogP contribution < -0.4 is 5.32 Å². The van der Waals surface area contributed by atoms with Crippen molar-refractivity contribution in [1.82, 2.24) is 20.1 Å². The minimum atomic E-state index is -0.556. The average Bonchev–Trinajstić information content (AvgIpc) is 3.15. The molecule has 0 radical (unpaired) electrons. The quantitative estimate of drug-likeness (QED) is 0.823. The van der Waals surface area contributed by atoms with E-state index in [0.29, 0.717) is 37.6 Å². The van der Waals surface area contributed by atoms with E-state index in [-0.39, 0.29) is 24.1 Å². The maximum Gasteiger partial charge on any atom is 0.307 e. The summed E-state index contributed by atoms with van der Waals surface area (Å²) in [5.74, 6) is -0.815. The maximum absolute atomic E-state index is 13.9. The van der Waals surface area contributed by atoms with Gasteiger partial charge in [0.1, 0.15) is 17.3 Å². The largest absolute Gasteiger partial charge is 0.437 e. The Bertz CT molecular complexity index is 916. The Labute approximate surface area is 167 Å². The summed E-state index contributed by atoms with van der Waals surface area (Å²) in [6.45, 7) is 3.17. The molecule has 3 heterocycles. The Morgan fingerprint density at radius 2 is 2.14 bits per heavy atom. The average molecular weight is 402 g/mol. The molecule has 9 heteroatoms. The number of rotatable bonds is 4. The van der Waals surface area contributed by atoms with Crippen LogP contribution in [0.4, 0.5) is 4.39 Å². The number of oxazole rings is 1. The number of halogens is 1. The van der Waals surface area contributed by atoms with Gasteiger partial charge in [0.25, 0.3) is 11.8 Å². The molecule has 8 nitrogen and oxygen atoms in total. The van der Waals surface area contributed by atoms with Gasteiger partial charge in [0.15, 0.2) is 0 Å². The molecule has 154 valence electrons. The molecule has 29 heavy (non-hydrogen) atoms. The van der Waals surface area contributed by atoms with Crippen LogP contribution in [-0.2, 0) is 17.7 Å². The van der Waals surface area contributed by atoms with Crippen LogP contribution >= 0.6 is 0 Å². The first-order valence-corrected chi connectivity index (χ1v) is 9.62. The van der Waals surface area contributed by atoms with E-state index in [0.717, 1.165) is 13.1 Å². The second-order valence-electron chi connectivity index (χ2n) is 7.31. The van der Waals surface area contributed by atoms with Gasteiger partial charge >= 0.3 is 5.91 Å². The standard InChI is InChI=1S/C20H23FN4O4/c1-24-8-9-28-13(11-24)10-22-18(26)19-23-16-12-25(7-6-17(16)29-19)20(27)14-4-2-3-5-15(14)21/h2-5,13H,6-12H2,1H3,(H,22,26)/t13-/m0/s1. The number of fused-ring (bicyclic) bond motifs is 1. The second kappa shape index (κ2) is 8.30. The van der Waals surface area contributed by atoms with Gasteiger partial charge < -0.3 is 24.3 Å². The van der Waals surface area contributed by atoms with E-state index in [4.69, 9.17) is 9.15 Å². The molecule has 0 spiro atoms. The van der Waals surface area contributed by atoms with Crippen LogP contribution in [0.5, 0.6) is 0 Å². The lowest BCUT2D eigenvalue weighted by molar-refractivity contribution is -0.0176. The number of ether oxygens (including phenoxy) is 1. The van der Waals surface area contributed by atoms with E-state index in [2.05, 4.69) is 15.2 Å². The molecule has 2 aliphatic rings. The number of likely N-dealkylation sites (N-methyl/N-ethyl adjacent to an activating group) is 1. The topological polar surface area (TPSA) is 87.9 Å². The minimum Gasteiger partial charge on any atom is -0.437 e. The van der Waals surface area contributed by atoms with Crippen LogP contribution in [0.2, 0.25) is 0 Å². The van der Waals surface area contributed by atoms with Crippen molar-refractivity contribution in [2.75, 3.05) is 39.8 Å². The Hall–Kier alpha value is -2.78. The van der Waals surface area contributed by atoms with Crippen molar-refractivity contribution in [3.05, 3.63) is 53.0 Å². The Morgan fingerprint density at radius 3 is 2.93 bits per heavy atom. The van der Waals surface area contributed by atoms with Crippen LogP contribution in [0.3, 0.4) is 0 Å². The number of carbonyl (C=O) groups excluding carboxylic acids is 2. The Balaban J connectivity index is 1.38. The van der Waals surface area contributed by atoms with E-state index in [1.165, 1.54) is 17.0 Å². The molecule has 0 bridgehead atoms. The Morgan fingerprint density at radius 1 is 1.31 bits per heavy atom. The van der Waals surface area contributed by atoms with Crippen LogP contribution in [-0.4, -0.2) is 72.5 Å². The number of benzene rings is 1. The molecule has 0 unspecified atom stereocenters. The number of aromatic nitrogens is 1. The third-order valence-corrected chi connectivity index (χ3v) is 5.15. The van der Waals surface area contributed by atoms with E-state index < -0.39 is 17.6 Å². The van der Waals surface area contributed by atoms with Crippen molar-refractivity contribution >= 4 is 11.8 Å². The highest BCUT2D eigenvalue weighted by molar-refractivity contribution is 5.94. The van der Waals surface area contributed by atoms with Gasteiger partial charge in [0.2, 0.25) is 0 Å². The summed E-state index contributed by atoms with van der Waals surface area (Å²) in [4.78, 5) is 32.9. The van der Waals surface area contributed by atoms with Crippen LogP contribution in [0.1, 0.15) is 32.5 Å². The third-order valence-electron chi connectivity index (χ3n) is 5.15. The fourth-order valence-corrected chi connectivity index (χ4v) is 3.55. The fourth-order valence-electron chi connectivity index (χ4n) is 3.55. The van der Waals surface area contributed by atoms with Crippen molar-refractivity contribution in [1.29, 1.82) is 0 Å². The molecule has 0 aliphatic carbocycles. The monoisotopic (exact) mass is 402 g/mol. The van der Waals surface area contributed by atoms with Gasteiger partial charge in [-0.3, -0.25) is 9.59 Å². The lowest BCUT2D eigenvalue weighted by atomic mass is 10.1. The van der Waals surface area contributed by atoms with E-state index in [1.807, 2.05) is 7.05 Å². The molecule has 1 fully saturated rings. The SMILES string of the molecule is CN1CCO[C@@H](CNC(=O)c2nc3c(o2)CCN(C(=O)c2ccccc2F)C3)C1. The molecule has 4 rings (SSSR count). The van der Waals surface area contributed by atoms with Crippen molar-refractivity contribution < 1.29 is 23.1 Å². The lowest BCUT2D eigenvalue weighted by Crippen LogP contribution is -2.46. The first-order chi connectivity index (χ1) is 14.0. The summed E-state index contributed by atoms with van der Waals surface area (Å²) in [6, 6.07) is 5.88. The first-order valence-electron chi connectivity index (χ1n) is 9.62. The molecule has 1 aromatic carbocycles. The highest BCUT2D eigenvalue weighted by Gasteiger charge is 2.29. The molecule has 2 aliphatic heterocycles. The van der Waals surface area contributed by atoms with Crippen molar-refractivity contribution in [2.45, 2.75) is 19.1 Å². The zero-order valence-electron chi connectivity index (χ0n) is 16.2. The van der Waals surface area contributed by atoms with Crippen molar-refractivity contribution in [3.8, 4) is 0 Å². The summed E-state index contributed by atoms with van der Waals surface area (Å²) in [5, 5.41) is 2.79. The van der Waals surface area contributed by atoms with E-state index in [9.17, 15) is 14.0 Å². The fraction of sp³-hybridized carbons (Fsp3) is 0.450. The van der Waals surface area contributed by atoms with Gasteiger partial charge in [-0.1, -0.05) is 12.1 Å². The normalized spacial score (nSPS) is 19.7. The Kier molecular flexibility index (Phi) is 5.59. The summed E-state index contributed by atoms with van der Waals surface area (Å²) < 4.78 is 25.1. The number of hydrogen-bond acceptors (Lipinski definition) is 6. The van der Waals surface area contributed by atoms with Gasteiger partial charge in [0.05, 0.1) is 24.8 Å². The number of nitrogens with zero attached hydrogens (tertiary/aromatic N) is 3. The third kappa shape index (κ3) is 4.30. The van der Waals surface area contributed by atoms with Gasteiger partial charge in [-0.05, 0) is 19.2 Å². The molecule has 1 atom stereocenters. The molecular formula is C20H23FN4O4. The molecule has 2 amide bonds. The summed E-state index contributed by atoms with van der Waals surface area (Å²) >= 11 is 0. The summed E-state index contributed by atoms with van der Waals surface area (Å²) in [5.41, 5.74) is 0.551. The summed E-state index contributed by atoms with van der Waals surface area (Å²) in [6.07, 6.45) is 0.350. The van der Waals surface area contributed by atoms with E-state index >= 15 is 0 Å². The first kappa shape index (κ1) is 19.5. The smallest absolute Gasteiger partial charge is 0.307 e. The number of hydrogen-bond donors (Lipinski definition) is 1. The van der Waals surface area contributed by atoms with Gasteiger partial charge in [-0.2, -0.15) is 0 Å². The predicted octanol–water partition coefficient (Wildman–Crippen LogP) is 1.07. The number of amides is 2. The zero-order chi connectivity index (χ0) is 20.4. The number of morpholine rings is 1. The van der Waals surface area contributed by atoms with Gasteiger partial charge in [-0.15, -0.1) is 0 Å². The van der Waals surface area contributed by atoms with Gasteiger partial charge in [0, 0.05) is 32.6 Å². The van der Waals surface area contributed by atoms with Crippen LogP contribution in [0, 0.1) is 5.82 Å². The summed E-state index contributed by atoms with van der Waals surface area (Å²) in [7, 11) is 2.01. The molecular weight excluding hydrogens is 379 g/mol. The zero-order valence-corrected chi connectivity index (χ0v) is 16.2. The van der Waals surface area contributed by atoms with E-state index in [1.54, 1.807) is 12.1 Å². The highest BCUT2D eigenvalue weighted by atomic mass is 19.1. The van der Waals surface area contributed by atoms with Crippen molar-refractivity contribution in [3.63, 3.8) is 0 Å². The molecule has 2 aromatic rings. The van der Waals surface area contributed by atoms with Gasteiger partial charge in [-0.25, -0.2) is 9.37 Å². The maximum atomic E-state index is 13.9. The molecule has 1 saturated heterocycles. The van der Waals surface area contributed by atoms with Crippen LogP contribution in [0.25, 0.3) is 0 Å². The highest BCUT2D eigenvalue weighted by Crippen LogP contribution is 2.22. The molecule has 0 saturated carbocycles. The second-order valence-corrected chi connectivity index (χ2v) is 7.31. The lowest BCUT2D eigenvalue weighted by Gasteiger charge is -2.29. The molecule has 1 aromatic heterocycles. The number of nitrogens with one attached hydrogen (secondary N) is 1. The molecule has 1 N–H and O–H groups in total. The van der Waals surface area contributed by atoms with Crippen LogP contribution in [0.15, 0.2) is 28.7 Å². The number of carbonyl (C=O) groups is 2. The van der Waals surface area contributed by atoms with Crippen molar-refractivity contribution in [2.24, 2.45) is 0 Å². The predicted molar refractivity (Wildman–Crippen MR) is 101 cm³/mol.